The Kier molecular flexibility index (Phi) is 5.21. The molecule has 0 aliphatic carbocycles. The molecule has 0 bridgehead atoms. The van der Waals surface area contributed by atoms with Gasteiger partial charge in [-0.05, 0) is 42.8 Å². The standard InChI is InChI=1S/C14H12BrCl2NS/c1-8(18)11-4-3-10(7-12(11)15)19-14-6-9(16)2-5-13(14)17/h2-8H,18H2,1H3. The Morgan fingerprint density at radius 2 is 1.89 bits per heavy atom. The Hall–Kier alpha value is -0.190. The second kappa shape index (κ2) is 6.51. The fourth-order valence-electron chi connectivity index (χ4n) is 1.62. The van der Waals surface area contributed by atoms with Gasteiger partial charge in [-0.3, -0.25) is 0 Å². The van der Waals surface area contributed by atoms with E-state index in [1.165, 1.54) is 0 Å². The lowest BCUT2D eigenvalue weighted by molar-refractivity contribution is 0.811. The summed E-state index contributed by atoms with van der Waals surface area (Å²) in [5.74, 6) is 0. The first-order valence-electron chi connectivity index (χ1n) is 5.65. The largest absolute Gasteiger partial charge is 0.324 e. The van der Waals surface area contributed by atoms with Gasteiger partial charge in [0.2, 0.25) is 0 Å². The highest BCUT2D eigenvalue weighted by Crippen LogP contribution is 2.37. The van der Waals surface area contributed by atoms with Crippen LogP contribution < -0.4 is 5.73 Å². The third kappa shape index (κ3) is 3.89. The molecule has 1 atom stereocenters. The molecule has 2 aromatic carbocycles. The minimum absolute atomic E-state index is 0.00295. The second-order valence-corrected chi connectivity index (χ2v) is 6.96. The van der Waals surface area contributed by atoms with Crippen LogP contribution in [0.5, 0.6) is 0 Å². The molecule has 0 saturated carbocycles. The molecule has 2 rings (SSSR count). The molecule has 2 N–H and O–H groups in total. The molecule has 1 nitrogen and oxygen atoms in total. The fourth-order valence-corrected chi connectivity index (χ4v) is 3.90. The lowest BCUT2D eigenvalue weighted by Crippen LogP contribution is -2.05. The van der Waals surface area contributed by atoms with Crippen LogP contribution in [0, 0.1) is 0 Å². The summed E-state index contributed by atoms with van der Waals surface area (Å²) in [6, 6.07) is 11.5. The zero-order valence-electron chi connectivity index (χ0n) is 10.2. The van der Waals surface area contributed by atoms with Crippen molar-refractivity contribution in [2.24, 2.45) is 5.73 Å². The Labute approximate surface area is 135 Å². The van der Waals surface area contributed by atoms with Gasteiger partial charge in [-0.15, -0.1) is 0 Å². The van der Waals surface area contributed by atoms with Crippen LogP contribution in [0.1, 0.15) is 18.5 Å². The van der Waals surface area contributed by atoms with E-state index in [0.717, 1.165) is 19.8 Å². The highest BCUT2D eigenvalue weighted by atomic mass is 79.9. The van der Waals surface area contributed by atoms with Crippen LogP contribution in [0.15, 0.2) is 50.7 Å². The Bertz CT molecular complexity index is 602. The summed E-state index contributed by atoms with van der Waals surface area (Å²) in [5.41, 5.74) is 6.97. The molecule has 0 aliphatic heterocycles. The summed E-state index contributed by atoms with van der Waals surface area (Å²) in [6.07, 6.45) is 0. The number of nitrogens with two attached hydrogens (primary N) is 1. The first kappa shape index (κ1) is 15.2. The van der Waals surface area contributed by atoms with Gasteiger partial charge in [0.15, 0.2) is 0 Å². The van der Waals surface area contributed by atoms with Crippen molar-refractivity contribution in [1.29, 1.82) is 0 Å². The lowest BCUT2D eigenvalue weighted by Gasteiger charge is -2.11. The van der Waals surface area contributed by atoms with E-state index in [2.05, 4.69) is 15.9 Å². The number of hydrogen-bond acceptors (Lipinski definition) is 2. The van der Waals surface area contributed by atoms with E-state index >= 15 is 0 Å². The molecule has 0 fully saturated rings. The monoisotopic (exact) mass is 375 g/mol. The SMILES string of the molecule is CC(N)c1ccc(Sc2cc(Cl)ccc2Cl)cc1Br. The van der Waals surface area contributed by atoms with E-state index in [0.29, 0.717) is 10.0 Å². The number of benzene rings is 2. The molecular formula is C14H12BrCl2NS. The van der Waals surface area contributed by atoms with Crippen LogP contribution in [0.4, 0.5) is 0 Å². The third-order valence-corrected chi connectivity index (χ3v) is 4.99. The summed E-state index contributed by atoms with van der Waals surface area (Å²) in [5, 5.41) is 1.37. The van der Waals surface area contributed by atoms with Crippen LogP contribution in [0.2, 0.25) is 10.0 Å². The quantitative estimate of drug-likeness (QED) is 0.718. The molecular weight excluding hydrogens is 365 g/mol. The van der Waals surface area contributed by atoms with Gasteiger partial charge in [0.25, 0.3) is 0 Å². The van der Waals surface area contributed by atoms with Crippen molar-refractivity contribution in [3.8, 4) is 0 Å². The molecule has 0 saturated heterocycles. The van der Waals surface area contributed by atoms with Crippen LogP contribution in [0.25, 0.3) is 0 Å². The maximum Gasteiger partial charge on any atom is 0.0546 e. The Morgan fingerprint density at radius 1 is 1.16 bits per heavy atom. The van der Waals surface area contributed by atoms with Crippen molar-refractivity contribution >= 4 is 50.9 Å². The van der Waals surface area contributed by atoms with Gasteiger partial charge in [-0.2, -0.15) is 0 Å². The van der Waals surface area contributed by atoms with E-state index in [1.54, 1.807) is 23.9 Å². The van der Waals surface area contributed by atoms with Gasteiger partial charge >= 0.3 is 0 Å². The number of halogens is 3. The van der Waals surface area contributed by atoms with Crippen LogP contribution in [-0.4, -0.2) is 0 Å². The van der Waals surface area contributed by atoms with Crippen LogP contribution in [-0.2, 0) is 0 Å². The van der Waals surface area contributed by atoms with E-state index in [-0.39, 0.29) is 6.04 Å². The summed E-state index contributed by atoms with van der Waals surface area (Å²) >= 11 is 17.3. The van der Waals surface area contributed by atoms with Crippen molar-refractivity contribution in [2.45, 2.75) is 22.8 Å². The fraction of sp³-hybridized carbons (Fsp3) is 0.143. The Morgan fingerprint density at radius 3 is 2.53 bits per heavy atom. The maximum absolute atomic E-state index is 6.16. The normalized spacial score (nSPS) is 12.5. The molecule has 0 amide bonds. The number of hydrogen-bond donors (Lipinski definition) is 1. The van der Waals surface area contributed by atoms with Crippen molar-refractivity contribution in [2.75, 3.05) is 0 Å². The van der Waals surface area contributed by atoms with Crippen molar-refractivity contribution in [3.63, 3.8) is 0 Å². The summed E-state index contributed by atoms with van der Waals surface area (Å²) < 4.78 is 1.01. The lowest BCUT2D eigenvalue weighted by atomic mass is 10.1. The van der Waals surface area contributed by atoms with Gasteiger partial charge in [-0.1, -0.05) is 57.0 Å². The van der Waals surface area contributed by atoms with Gasteiger partial charge < -0.3 is 5.73 Å². The van der Waals surface area contributed by atoms with Gasteiger partial charge in [0.05, 0.1) is 5.02 Å². The van der Waals surface area contributed by atoms with Crippen molar-refractivity contribution < 1.29 is 0 Å². The molecule has 1 unspecified atom stereocenters. The van der Waals surface area contributed by atoms with Gasteiger partial charge in [0.1, 0.15) is 0 Å². The maximum atomic E-state index is 6.16. The zero-order valence-corrected chi connectivity index (χ0v) is 14.1. The highest BCUT2D eigenvalue weighted by Gasteiger charge is 2.08. The molecule has 0 aliphatic rings. The van der Waals surface area contributed by atoms with E-state index in [1.807, 2.05) is 31.2 Å². The average Bonchev–Trinajstić information content (AvgIpc) is 2.33. The minimum Gasteiger partial charge on any atom is -0.324 e. The predicted molar refractivity (Wildman–Crippen MR) is 87.3 cm³/mol. The first-order valence-corrected chi connectivity index (χ1v) is 8.02. The summed E-state index contributed by atoms with van der Waals surface area (Å²) in [4.78, 5) is 2.02. The highest BCUT2D eigenvalue weighted by molar-refractivity contribution is 9.10. The molecule has 5 heteroatoms. The number of rotatable bonds is 3. The van der Waals surface area contributed by atoms with Gasteiger partial charge in [-0.25, -0.2) is 0 Å². The Balaban J connectivity index is 2.29. The smallest absolute Gasteiger partial charge is 0.0546 e. The average molecular weight is 377 g/mol. The predicted octanol–water partition coefficient (Wildman–Crippen LogP) is 5.93. The molecule has 0 radical (unpaired) electrons. The first-order chi connectivity index (χ1) is 8.97. The molecule has 2 aromatic rings. The van der Waals surface area contributed by atoms with Crippen LogP contribution >= 0.6 is 50.9 Å². The van der Waals surface area contributed by atoms with Crippen molar-refractivity contribution in [3.05, 3.63) is 56.5 Å². The van der Waals surface area contributed by atoms with E-state index < -0.39 is 0 Å². The molecule has 0 heterocycles. The zero-order chi connectivity index (χ0) is 14.0. The molecule has 100 valence electrons. The van der Waals surface area contributed by atoms with Gasteiger partial charge in [0, 0.05) is 25.3 Å². The van der Waals surface area contributed by atoms with E-state index in [4.69, 9.17) is 28.9 Å². The molecule has 19 heavy (non-hydrogen) atoms. The molecule has 0 spiro atoms. The second-order valence-electron chi connectivity index (χ2n) is 4.15. The van der Waals surface area contributed by atoms with Crippen molar-refractivity contribution in [1.82, 2.24) is 0 Å². The van der Waals surface area contributed by atoms with E-state index in [9.17, 15) is 0 Å². The minimum atomic E-state index is 0.00295. The topological polar surface area (TPSA) is 26.0 Å². The summed E-state index contributed by atoms with van der Waals surface area (Å²) in [6.45, 7) is 1.96. The van der Waals surface area contributed by atoms with Crippen LogP contribution in [0.3, 0.4) is 0 Å². The molecule has 0 aromatic heterocycles. The summed E-state index contributed by atoms with van der Waals surface area (Å²) in [7, 11) is 0. The third-order valence-electron chi connectivity index (χ3n) is 2.58.